The van der Waals surface area contributed by atoms with E-state index in [-0.39, 0.29) is 10.8 Å². The van der Waals surface area contributed by atoms with E-state index in [0.29, 0.717) is 31.2 Å². The molecule has 2 heterocycles. The van der Waals surface area contributed by atoms with E-state index in [2.05, 4.69) is 12.2 Å². The van der Waals surface area contributed by atoms with E-state index in [0.717, 1.165) is 24.8 Å². The average Bonchev–Trinajstić information content (AvgIpc) is 3.05. The van der Waals surface area contributed by atoms with E-state index in [1.54, 1.807) is 11.6 Å². The quantitative estimate of drug-likeness (QED) is 0.825. The Labute approximate surface area is 161 Å². The zero-order valence-electron chi connectivity index (χ0n) is 15.9. The molecule has 1 fully saturated rings. The minimum atomic E-state index is -3.56. The zero-order valence-corrected chi connectivity index (χ0v) is 16.7. The molecule has 6 nitrogen and oxygen atoms in total. The molecular weight excluding hydrogens is 362 g/mol. The molecule has 3 rings (SSSR count). The first-order chi connectivity index (χ1) is 12.9. The van der Waals surface area contributed by atoms with Crippen LogP contribution in [-0.4, -0.2) is 42.8 Å². The van der Waals surface area contributed by atoms with Crippen molar-refractivity contribution in [3.05, 3.63) is 53.9 Å². The SMILES string of the molecule is C[C@@H]1CCCN(S(=O)(=O)c2cc(C(=O)NCCc3ccccc3)n(C)c2)C1. The van der Waals surface area contributed by atoms with E-state index in [4.69, 9.17) is 0 Å². The van der Waals surface area contributed by atoms with Gasteiger partial charge in [0.15, 0.2) is 0 Å². The Morgan fingerprint density at radius 2 is 2.00 bits per heavy atom. The van der Waals surface area contributed by atoms with Crippen LogP contribution in [0.5, 0.6) is 0 Å². The number of carbonyl (C=O) groups excluding carboxylic acids is 1. The van der Waals surface area contributed by atoms with Gasteiger partial charge in [0.2, 0.25) is 10.0 Å². The van der Waals surface area contributed by atoms with Crippen LogP contribution in [0.3, 0.4) is 0 Å². The van der Waals surface area contributed by atoms with Crippen molar-refractivity contribution < 1.29 is 13.2 Å². The largest absolute Gasteiger partial charge is 0.350 e. The summed E-state index contributed by atoms with van der Waals surface area (Å²) in [6.45, 7) is 3.65. The van der Waals surface area contributed by atoms with Gasteiger partial charge in [-0.05, 0) is 36.8 Å². The minimum Gasteiger partial charge on any atom is -0.350 e. The molecule has 1 N–H and O–H groups in total. The van der Waals surface area contributed by atoms with E-state index in [1.165, 1.54) is 16.6 Å². The third-order valence-electron chi connectivity index (χ3n) is 5.01. The Balaban J connectivity index is 1.67. The van der Waals surface area contributed by atoms with Crippen LogP contribution in [0.4, 0.5) is 0 Å². The second kappa shape index (κ2) is 8.27. The van der Waals surface area contributed by atoms with Gasteiger partial charge in [-0.2, -0.15) is 4.31 Å². The van der Waals surface area contributed by atoms with Gasteiger partial charge in [0, 0.05) is 32.9 Å². The molecule has 1 amide bonds. The Morgan fingerprint density at radius 1 is 1.26 bits per heavy atom. The highest BCUT2D eigenvalue weighted by atomic mass is 32.2. The van der Waals surface area contributed by atoms with E-state index in [1.807, 2.05) is 30.3 Å². The number of nitrogens with zero attached hydrogens (tertiary/aromatic N) is 2. The lowest BCUT2D eigenvalue weighted by Crippen LogP contribution is -2.38. The minimum absolute atomic E-state index is 0.187. The van der Waals surface area contributed by atoms with Crippen molar-refractivity contribution in [3.8, 4) is 0 Å². The van der Waals surface area contributed by atoms with Crippen molar-refractivity contribution in [3.63, 3.8) is 0 Å². The summed E-state index contributed by atoms with van der Waals surface area (Å²) in [6.07, 6.45) is 4.18. The number of aromatic nitrogens is 1. The highest BCUT2D eigenvalue weighted by molar-refractivity contribution is 7.89. The number of amides is 1. The van der Waals surface area contributed by atoms with Gasteiger partial charge in [-0.1, -0.05) is 37.3 Å². The summed E-state index contributed by atoms with van der Waals surface area (Å²) in [5, 5.41) is 2.87. The third kappa shape index (κ3) is 4.59. The van der Waals surface area contributed by atoms with Gasteiger partial charge in [-0.25, -0.2) is 8.42 Å². The molecule has 1 saturated heterocycles. The smallest absolute Gasteiger partial charge is 0.267 e. The van der Waals surface area contributed by atoms with Crippen LogP contribution in [0.15, 0.2) is 47.5 Å². The first-order valence-corrected chi connectivity index (χ1v) is 10.8. The van der Waals surface area contributed by atoms with Crippen molar-refractivity contribution in [2.45, 2.75) is 31.1 Å². The molecule has 2 aromatic rings. The van der Waals surface area contributed by atoms with Crippen molar-refractivity contribution in [2.75, 3.05) is 19.6 Å². The maximum atomic E-state index is 12.9. The van der Waals surface area contributed by atoms with Crippen molar-refractivity contribution >= 4 is 15.9 Å². The zero-order chi connectivity index (χ0) is 19.4. The Bertz CT molecular complexity index is 890. The third-order valence-corrected chi connectivity index (χ3v) is 6.84. The molecule has 0 radical (unpaired) electrons. The molecule has 0 aliphatic carbocycles. The van der Waals surface area contributed by atoms with Gasteiger partial charge >= 0.3 is 0 Å². The number of aryl methyl sites for hydroxylation is 1. The summed E-state index contributed by atoms with van der Waals surface area (Å²) in [5.41, 5.74) is 1.50. The summed E-state index contributed by atoms with van der Waals surface area (Å²) < 4.78 is 28.9. The fourth-order valence-electron chi connectivity index (χ4n) is 3.47. The van der Waals surface area contributed by atoms with Crippen LogP contribution in [0.2, 0.25) is 0 Å². The number of hydrogen-bond donors (Lipinski definition) is 1. The molecule has 1 aliphatic rings. The van der Waals surface area contributed by atoms with Gasteiger partial charge in [-0.15, -0.1) is 0 Å². The van der Waals surface area contributed by atoms with Gasteiger partial charge < -0.3 is 9.88 Å². The predicted octanol–water partition coefficient (Wildman–Crippen LogP) is 2.42. The lowest BCUT2D eigenvalue weighted by Gasteiger charge is -2.29. The second-order valence-corrected chi connectivity index (χ2v) is 9.21. The number of nitrogens with one attached hydrogen (secondary N) is 1. The van der Waals surface area contributed by atoms with Crippen LogP contribution in [0, 0.1) is 5.92 Å². The topological polar surface area (TPSA) is 71.4 Å². The summed E-state index contributed by atoms with van der Waals surface area (Å²) >= 11 is 0. The number of benzene rings is 1. The number of sulfonamides is 1. The van der Waals surface area contributed by atoms with Crippen molar-refractivity contribution in [1.29, 1.82) is 0 Å². The molecule has 146 valence electrons. The summed E-state index contributed by atoms with van der Waals surface area (Å²) in [6, 6.07) is 11.4. The van der Waals surface area contributed by atoms with Crippen LogP contribution < -0.4 is 5.32 Å². The van der Waals surface area contributed by atoms with Gasteiger partial charge in [0.05, 0.1) is 0 Å². The van der Waals surface area contributed by atoms with Crippen LogP contribution in [0.1, 0.15) is 35.8 Å². The first kappa shape index (κ1) is 19.6. The molecule has 0 spiro atoms. The number of hydrogen-bond acceptors (Lipinski definition) is 3. The normalized spacial score (nSPS) is 18.4. The van der Waals surface area contributed by atoms with E-state index < -0.39 is 10.0 Å². The first-order valence-electron chi connectivity index (χ1n) is 9.36. The highest BCUT2D eigenvalue weighted by Crippen LogP contribution is 2.24. The van der Waals surface area contributed by atoms with Crippen LogP contribution in [-0.2, 0) is 23.5 Å². The molecular formula is C20H27N3O3S. The number of carbonyl (C=O) groups is 1. The molecule has 1 aromatic carbocycles. The summed E-state index contributed by atoms with van der Waals surface area (Å²) in [7, 11) is -1.86. The van der Waals surface area contributed by atoms with Crippen molar-refractivity contribution in [1.82, 2.24) is 14.2 Å². The summed E-state index contributed by atoms with van der Waals surface area (Å²) in [4.78, 5) is 12.7. The monoisotopic (exact) mass is 389 g/mol. The maximum Gasteiger partial charge on any atom is 0.267 e. The standard InChI is InChI=1S/C20H27N3O3S/c1-16-7-6-12-23(14-16)27(25,26)18-13-19(22(2)15-18)20(24)21-11-10-17-8-4-3-5-9-17/h3-5,8-9,13,15-16H,6-7,10-12,14H2,1-2H3,(H,21,24)/t16-/m1/s1. The fraction of sp³-hybridized carbons (Fsp3) is 0.450. The molecule has 7 heteroatoms. The predicted molar refractivity (Wildman–Crippen MR) is 105 cm³/mol. The Morgan fingerprint density at radius 3 is 2.70 bits per heavy atom. The molecule has 1 aliphatic heterocycles. The van der Waals surface area contributed by atoms with E-state index >= 15 is 0 Å². The summed E-state index contributed by atoms with van der Waals surface area (Å²) in [5.74, 6) is 0.0971. The lowest BCUT2D eigenvalue weighted by atomic mass is 10.0. The molecule has 1 atom stereocenters. The Kier molecular flexibility index (Phi) is 6.01. The molecule has 27 heavy (non-hydrogen) atoms. The molecule has 0 unspecified atom stereocenters. The second-order valence-electron chi connectivity index (χ2n) is 7.27. The van der Waals surface area contributed by atoms with Crippen LogP contribution >= 0.6 is 0 Å². The lowest BCUT2D eigenvalue weighted by molar-refractivity contribution is 0.0946. The van der Waals surface area contributed by atoms with Gasteiger partial charge in [-0.3, -0.25) is 4.79 Å². The highest BCUT2D eigenvalue weighted by Gasteiger charge is 2.30. The van der Waals surface area contributed by atoms with Gasteiger partial charge in [0.25, 0.3) is 5.91 Å². The van der Waals surface area contributed by atoms with Crippen LogP contribution in [0.25, 0.3) is 0 Å². The number of rotatable bonds is 6. The molecule has 0 saturated carbocycles. The van der Waals surface area contributed by atoms with Crippen molar-refractivity contribution in [2.24, 2.45) is 13.0 Å². The van der Waals surface area contributed by atoms with Gasteiger partial charge in [0.1, 0.15) is 10.6 Å². The van der Waals surface area contributed by atoms with E-state index in [9.17, 15) is 13.2 Å². The Hall–Kier alpha value is -2.12. The fourth-order valence-corrected chi connectivity index (χ4v) is 5.14. The molecule has 1 aromatic heterocycles. The molecule has 0 bridgehead atoms. The maximum absolute atomic E-state index is 12.9. The number of piperidine rings is 1. The average molecular weight is 390 g/mol.